The maximum atomic E-state index is 10.9. The molecule has 1 rings (SSSR count). The zero-order valence-electron chi connectivity index (χ0n) is 9.60. The van der Waals surface area contributed by atoms with Crippen LogP contribution in [0.3, 0.4) is 0 Å². The Morgan fingerprint density at radius 2 is 1.69 bits per heavy atom. The summed E-state index contributed by atoms with van der Waals surface area (Å²) >= 11 is 0. The molecule has 3 atom stereocenters. The summed E-state index contributed by atoms with van der Waals surface area (Å²) in [7, 11) is 1.50. The van der Waals surface area contributed by atoms with Crippen LogP contribution in [0.4, 0.5) is 0 Å². The van der Waals surface area contributed by atoms with Crippen molar-refractivity contribution in [3.05, 3.63) is 0 Å². The van der Waals surface area contributed by atoms with E-state index in [0.717, 1.165) is 0 Å². The highest BCUT2D eigenvalue weighted by molar-refractivity contribution is 5.67. The quantitative estimate of drug-likeness (QED) is 0.649. The van der Waals surface area contributed by atoms with Crippen LogP contribution in [-0.2, 0) is 28.5 Å². The van der Waals surface area contributed by atoms with E-state index in [2.05, 4.69) is 0 Å². The highest BCUT2D eigenvalue weighted by Crippen LogP contribution is 2.20. The average Bonchev–Trinajstić information content (AvgIpc) is 2.19. The lowest BCUT2D eigenvalue weighted by Gasteiger charge is -2.33. The third kappa shape index (κ3) is 3.79. The molecule has 0 saturated carbocycles. The van der Waals surface area contributed by atoms with E-state index in [9.17, 15) is 9.59 Å². The smallest absolute Gasteiger partial charge is 0.303 e. The zero-order chi connectivity index (χ0) is 12.1. The Morgan fingerprint density at radius 3 is 2.19 bits per heavy atom. The summed E-state index contributed by atoms with van der Waals surface area (Å²) in [6, 6.07) is 0. The zero-order valence-corrected chi connectivity index (χ0v) is 9.60. The van der Waals surface area contributed by atoms with Gasteiger partial charge in [-0.2, -0.15) is 0 Å². The van der Waals surface area contributed by atoms with Crippen LogP contribution >= 0.6 is 0 Å². The van der Waals surface area contributed by atoms with Gasteiger partial charge < -0.3 is 18.9 Å². The molecular weight excluding hydrogens is 216 g/mol. The molecular formula is C10H16O6. The molecule has 92 valence electrons. The lowest BCUT2D eigenvalue weighted by atomic mass is 10.1. The minimum absolute atomic E-state index is 0.163. The minimum Gasteiger partial charge on any atom is -0.458 e. The summed E-state index contributed by atoms with van der Waals surface area (Å²) in [5.74, 6) is -0.847. The summed E-state index contributed by atoms with van der Waals surface area (Å²) < 4.78 is 20.3. The van der Waals surface area contributed by atoms with Crippen molar-refractivity contribution in [3.8, 4) is 0 Å². The molecule has 1 saturated heterocycles. The second-order valence-electron chi connectivity index (χ2n) is 3.53. The predicted octanol–water partition coefficient (Wildman–Crippen LogP) is 0.243. The van der Waals surface area contributed by atoms with Gasteiger partial charge in [0, 0.05) is 27.4 Å². The van der Waals surface area contributed by atoms with Gasteiger partial charge >= 0.3 is 11.9 Å². The van der Waals surface area contributed by atoms with Gasteiger partial charge in [0.05, 0.1) is 6.61 Å². The molecule has 1 aliphatic heterocycles. The molecule has 0 unspecified atom stereocenters. The molecule has 1 heterocycles. The lowest BCUT2D eigenvalue weighted by molar-refractivity contribution is -0.224. The summed E-state index contributed by atoms with van der Waals surface area (Å²) in [4.78, 5) is 21.7. The van der Waals surface area contributed by atoms with Crippen molar-refractivity contribution < 1.29 is 28.5 Å². The number of esters is 2. The first-order chi connectivity index (χ1) is 7.52. The first-order valence-corrected chi connectivity index (χ1v) is 5.01. The number of carbonyl (C=O) groups is 2. The van der Waals surface area contributed by atoms with Crippen LogP contribution in [0.25, 0.3) is 0 Å². The van der Waals surface area contributed by atoms with Crippen LogP contribution in [-0.4, -0.2) is 44.2 Å². The molecule has 0 aromatic carbocycles. The Morgan fingerprint density at radius 1 is 1.12 bits per heavy atom. The third-order valence-electron chi connectivity index (χ3n) is 2.18. The Bertz CT molecular complexity index is 264. The molecule has 1 fully saturated rings. The van der Waals surface area contributed by atoms with E-state index in [1.807, 2.05) is 0 Å². The molecule has 0 N–H and O–H groups in total. The molecule has 16 heavy (non-hydrogen) atoms. The maximum absolute atomic E-state index is 10.9. The van der Waals surface area contributed by atoms with Gasteiger partial charge in [-0.05, 0) is 0 Å². The number of carbonyl (C=O) groups excluding carboxylic acids is 2. The third-order valence-corrected chi connectivity index (χ3v) is 2.18. The van der Waals surface area contributed by atoms with Gasteiger partial charge in [0.25, 0.3) is 0 Å². The highest BCUT2D eigenvalue weighted by atomic mass is 16.7. The van der Waals surface area contributed by atoms with Crippen LogP contribution < -0.4 is 0 Å². The summed E-state index contributed by atoms with van der Waals surface area (Å²) in [6.45, 7) is 2.77. The molecule has 0 spiro atoms. The van der Waals surface area contributed by atoms with Crippen LogP contribution in [0.15, 0.2) is 0 Å². The predicted molar refractivity (Wildman–Crippen MR) is 52.5 cm³/mol. The fourth-order valence-electron chi connectivity index (χ4n) is 1.54. The maximum Gasteiger partial charge on any atom is 0.303 e. The molecule has 6 nitrogen and oxygen atoms in total. The topological polar surface area (TPSA) is 71.1 Å². The van der Waals surface area contributed by atoms with E-state index >= 15 is 0 Å². The first kappa shape index (κ1) is 12.9. The van der Waals surface area contributed by atoms with E-state index < -0.39 is 30.4 Å². The van der Waals surface area contributed by atoms with Crippen molar-refractivity contribution in [1.29, 1.82) is 0 Å². The molecule has 0 aliphatic carbocycles. The number of hydrogen-bond acceptors (Lipinski definition) is 6. The van der Waals surface area contributed by atoms with Gasteiger partial charge in [-0.25, -0.2) is 0 Å². The summed E-state index contributed by atoms with van der Waals surface area (Å²) in [5.41, 5.74) is 0. The highest BCUT2D eigenvalue weighted by Gasteiger charge is 2.35. The van der Waals surface area contributed by atoms with E-state index in [0.29, 0.717) is 6.42 Å². The molecule has 0 aromatic heterocycles. The van der Waals surface area contributed by atoms with Crippen molar-refractivity contribution in [2.45, 2.75) is 38.8 Å². The molecule has 1 aliphatic rings. The van der Waals surface area contributed by atoms with Gasteiger partial charge in [-0.15, -0.1) is 0 Å². The Hall–Kier alpha value is -1.14. The van der Waals surface area contributed by atoms with Crippen molar-refractivity contribution in [1.82, 2.24) is 0 Å². The monoisotopic (exact) mass is 232 g/mol. The first-order valence-electron chi connectivity index (χ1n) is 5.01. The molecule has 6 heteroatoms. The van der Waals surface area contributed by atoms with E-state index in [1.54, 1.807) is 0 Å². The molecule has 0 aromatic rings. The Kier molecular flexibility index (Phi) is 4.70. The summed E-state index contributed by atoms with van der Waals surface area (Å²) in [6.07, 6.45) is -1.15. The van der Waals surface area contributed by atoms with Gasteiger partial charge in [0.2, 0.25) is 0 Å². The van der Waals surface area contributed by atoms with Crippen LogP contribution in [0, 0.1) is 0 Å². The van der Waals surface area contributed by atoms with Crippen LogP contribution in [0.1, 0.15) is 20.3 Å². The van der Waals surface area contributed by atoms with E-state index in [4.69, 9.17) is 18.9 Å². The Labute approximate surface area is 93.8 Å². The number of ether oxygens (including phenoxy) is 4. The molecule has 0 amide bonds. The number of methoxy groups -OCH3 is 1. The molecule has 0 bridgehead atoms. The number of rotatable bonds is 3. The summed E-state index contributed by atoms with van der Waals surface area (Å²) in [5, 5.41) is 0. The number of hydrogen-bond donors (Lipinski definition) is 0. The minimum atomic E-state index is -0.562. The van der Waals surface area contributed by atoms with E-state index in [-0.39, 0.29) is 6.61 Å². The molecule has 0 radical (unpaired) electrons. The van der Waals surface area contributed by atoms with Crippen LogP contribution in [0.5, 0.6) is 0 Å². The van der Waals surface area contributed by atoms with E-state index in [1.165, 1.54) is 21.0 Å². The fraction of sp³-hybridized carbons (Fsp3) is 0.800. The largest absolute Gasteiger partial charge is 0.458 e. The van der Waals surface area contributed by atoms with Gasteiger partial charge in [0.1, 0.15) is 6.10 Å². The lowest BCUT2D eigenvalue weighted by Crippen LogP contribution is -2.46. The van der Waals surface area contributed by atoms with Gasteiger partial charge in [0.15, 0.2) is 12.4 Å². The SMILES string of the molecule is CO[C@H]1C[C@@H](OC(C)=O)[C@H](OC(C)=O)CO1. The van der Waals surface area contributed by atoms with Crippen molar-refractivity contribution in [3.63, 3.8) is 0 Å². The normalized spacial score (nSPS) is 29.6. The van der Waals surface area contributed by atoms with Crippen molar-refractivity contribution in [2.24, 2.45) is 0 Å². The Balaban J connectivity index is 2.59. The standard InChI is InChI=1S/C10H16O6/c1-6(11)15-8-4-10(13-3)14-5-9(8)16-7(2)12/h8-10H,4-5H2,1-3H3/t8-,9-,10-/m1/s1. The van der Waals surface area contributed by atoms with Crippen molar-refractivity contribution in [2.75, 3.05) is 13.7 Å². The second-order valence-corrected chi connectivity index (χ2v) is 3.53. The second kappa shape index (κ2) is 5.81. The van der Waals surface area contributed by atoms with Gasteiger partial charge in [-0.1, -0.05) is 0 Å². The average molecular weight is 232 g/mol. The fourth-order valence-corrected chi connectivity index (χ4v) is 1.54. The van der Waals surface area contributed by atoms with Gasteiger partial charge in [-0.3, -0.25) is 9.59 Å². The van der Waals surface area contributed by atoms with Crippen LogP contribution in [0.2, 0.25) is 0 Å². The van der Waals surface area contributed by atoms with Crippen molar-refractivity contribution >= 4 is 11.9 Å².